The normalized spacial score (nSPS) is 26.2. The second-order valence-corrected chi connectivity index (χ2v) is 6.79. The average molecular weight is 370 g/mol. The van der Waals surface area contributed by atoms with E-state index in [9.17, 15) is 4.79 Å². The van der Waals surface area contributed by atoms with Gasteiger partial charge in [0.2, 0.25) is 0 Å². The van der Waals surface area contributed by atoms with Crippen LogP contribution in [0.15, 0.2) is 35.5 Å². The summed E-state index contributed by atoms with van der Waals surface area (Å²) in [6.45, 7) is 2.09. The van der Waals surface area contributed by atoms with E-state index in [4.69, 9.17) is 0 Å². The summed E-state index contributed by atoms with van der Waals surface area (Å²) in [6, 6.07) is 0. The zero-order valence-corrected chi connectivity index (χ0v) is 13.9. The summed E-state index contributed by atoms with van der Waals surface area (Å²) in [5.41, 5.74) is 3.28. The maximum absolute atomic E-state index is 11.2. The second-order valence-electron chi connectivity index (χ2n) is 5.59. The molecule has 0 bridgehead atoms. The van der Waals surface area contributed by atoms with Crippen molar-refractivity contribution in [1.29, 1.82) is 0 Å². The first-order valence-corrected chi connectivity index (χ1v) is 8.49. The number of carbonyl (C=O) groups is 1. The van der Waals surface area contributed by atoms with E-state index in [1.165, 1.54) is 32.1 Å². The van der Waals surface area contributed by atoms with Gasteiger partial charge in [-0.25, -0.2) is 0 Å². The van der Waals surface area contributed by atoms with Gasteiger partial charge in [0.1, 0.15) is 0 Å². The molecule has 104 valence electrons. The van der Waals surface area contributed by atoms with Crippen molar-refractivity contribution in [3.05, 3.63) is 35.5 Å². The SMILES string of the molecule is C/C=C\CC[C@@H]1CC(CCC(=O)I)C2=C1CCC=C2. The molecule has 0 saturated carbocycles. The van der Waals surface area contributed by atoms with Crippen LogP contribution in [0.5, 0.6) is 0 Å². The van der Waals surface area contributed by atoms with E-state index >= 15 is 0 Å². The van der Waals surface area contributed by atoms with Gasteiger partial charge in [-0.15, -0.1) is 0 Å². The fourth-order valence-electron chi connectivity index (χ4n) is 3.47. The lowest BCUT2D eigenvalue weighted by Gasteiger charge is -2.15. The standard InChI is InChI=1S/C17H23IO/c1-2-3-4-7-13-12-14(10-11-17(18)19)16-9-6-5-8-15(13)16/h2-3,6,9,13-14H,4-5,7-8,10-12H2,1H3/b3-2-/t13-,14?/m1/s1. The molecular weight excluding hydrogens is 347 g/mol. The van der Waals surface area contributed by atoms with Gasteiger partial charge in [0.05, 0.1) is 0 Å². The van der Waals surface area contributed by atoms with Crippen molar-refractivity contribution < 1.29 is 4.79 Å². The third kappa shape index (κ3) is 4.04. The maximum atomic E-state index is 11.2. The molecule has 2 rings (SSSR count). The Bertz CT molecular complexity index is 417. The highest BCUT2D eigenvalue weighted by Gasteiger charge is 2.32. The van der Waals surface area contributed by atoms with Crippen molar-refractivity contribution in [2.45, 2.75) is 51.9 Å². The molecule has 0 amide bonds. The van der Waals surface area contributed by atoms with E-state index in [0.29, 0.717) is 9.71 Å². The van der Waals surface area contributed by atoms with Gasteiger partial charge in [-0.1, -0.05) is 29.9 Å². The zero-order valence-electron chi connectivity index (χ0n) is 11.7. The van der Waals surface area contributed by atoms with E-state index in [2.05, 4.69) is 31.2 Å². The van der Waals surface area contributed by atoms with Crippen molar-refractivity contribution in [3.8, 4) is 0 Å². The van der Waals surface area contributed by atoms with Gasteiger partial charge in [0.25, 0.3) is 0 Å². The van der Waals surface area contributed by atoms with E-state index in [0.717, 1.165) is 18.8 Å². The Morgan fingerprint density at radius 1 is 1.42 bits per heavy atom. The average Bonchev–Trinajstić information content (AvgIpc) is 2.76. The fraction of sp³-hybridized carbons (Fsp3) is 0.588. The molecular formula is C17H23IO. The number of rotatable bonds is 6. The summed E-state index contributed by atoms with van der Waals surface area (Å²) in [4.78, 5) is 11.2. The molecule has 0 radical (unpaired) electrons. The highest BCUT2D eigenvalue weighted by Crippen LogP contribution is 2.45. The van der Waals surface area contributed by atoms with Gasteiger partial charge >= 0.3 is 0 Å². The molecule has 0 aromatic heterocycles. The van der Waals surface area contributed by atoms with Gasteiger partial charge in [-0.05, 0) is 85.4 Å². The van der Waals surface area contributed by atoms with Crippen molar-refractivity contribution in [2.75, 3.05) is 0 Å². The lowest BCUT2D eigenvalue weighted by atomic mass is 9.90. The van der Waals surface area contributed by atoms with Crippen molar-refractivity contribution in [3.63, 3.8) is 0 Å². The monoisotopic (exact) mass is 370 g/mol. The van der Waals surface area contributed by atoms with Gasteiger partial charge in [0, 0.05) is 6.42 Å². The molecule has 19 heavy (non-hydrogen) atoms. The summed E-state index contributed by atoms with van der Waals surface area (Å²) in [7, 11) is 0. The number of allylic oxidation sites excluding steroid dienone is 6. The summed E-state index contributed by atoms with van der Waals surface area (Å²) >= 11 is 1.93. The molecule has 0 aromatic rings. The molecule has 0 spiro atoms. The first-order valence-electron chi connectivity index (χ1n) is 7.41. The largest absolute Gasteiger partial charge is 0.288 e. The van der Waals surface area contributed by atoms with Gasteiger partial charge < -0.3 is 0 Å². The van der Waals surface area contributed by atoms with Crippen LogP contribution in [0.4, 0.5) is 0 Å². The Hall–Kier alpha value is -0.380. The molecule has 0 aliphatic heterocycles. The summed E-state index contributed by atoms with van der Waals surface area (Å²) < 4.78 is 0.303. The van der Waals surface area contributed by atoms with Crippen molar-refractivity contribution in [1.82, 2.24) is 0 Å². The Balaban J connectivity index is 2.01. The van der Waals surface area contributed by atoms with Crippen molar-refractivity contribution >= 4 is 26.4 Å². The van der Waals surface area contributed by atoms with Crippen LogP contribution in [0.2, 0.25) is 0 Å². The molecule has 1 unspecified atom stereocenters. The minimum absolute atomic E-state index is 0.303. The molecule has 0 aromatic carbocycles. The highest BCUT2D eigenvalue weighted by molar-refractivity contribution is 14.1. The van der Waals surface area contributed by atoms with Crippen LogP contribution >= 0.6 is 22.6 Å². The Kier molecular flexibility index (Phi) is 5.86. The first-order chi connectivity index (χ1) is 9.22. The molecule has 2 atom stereocenters. The van der Waals surface area contributed by atoms with E-state index in [1.54, 1.807) is 11.1 Å². The predicted molar refractivity (Wildman–Crippen MR) is 89.3 cm³/mol. The minimum Gasteiger partial charge on any atom is -0.288 e. The fourth-order valence-corrected chi connectivity index (χ4v) is 3.78. The predicted octanol–water partition coefficient (Wildman–Crippen LogP) is 5.37. The van der Waals surface area contributed by atoms with E-state index in [-0.39, 0.29) is 0 Å². The zero-order chi connectivity index (χ0) is 13.7. The topological polar surface area (TPSA) is 17.1 Å². The Morgan fingerprint density at radius 3 is 3.00 bits per heavy atom. The van der Waals surface area contributed by atoms with Gasteiger partial charge in [-0.2, -0.15) is 0 Å². The lowest BCUT2D eigenvalue weighted by Crippen LogP contribution is -2.02. The second kappa shape index (κ2) is 7.41. The van der Waals surface area contributed by atoms with Crippen LogP contribution in [0, 0.1) is 11.8 Å². The molecule has 0 saturated heterocycles. The third-order valence-electron chi connectivity index (χ3n) is 4.36. The number of hydrogen-bond acceptors (Lipinski definition) is 1. The summed E-state index contributed by atoms with van der Waals surface area (Å²) in [5.74, 6) is 1.41. The molecule has 0 heterocycles. The molecule has 2 heteroatoms. The van der Waals surface area contributed by atoms with Gasteiger partial charge in [0.15, 0.2) is 3.79 Å². The molecule has 0 N–H and O–H groups in total. The van der Waals surface area contributed by atoms with Crippen molar-refractivity contribution in [2.24, 2.45) is 11.8 Å². The summed E-state index contributed by atoms with van der Waals surface area (Å²) in [6.07, 6.45) is 17.1. The van der Waals surface area contributed by atoms with E-state index < -0.39 is 0 Å². The third-order valence-corrected chi connectivity index (χ3v) is 4.90. The van der Waals surface area contributed by atoms with Crippen LogP contribution < -0.4 is 0 Å². The quantitative estimate of drug-likeness (QED) is 0.349. The maximum Gasteiger partial charge on any atom is 0.192 e. The van der Waals surface area contributed by atoms with Crippen LogP contribution in [0.25, 0.3) is 0 Å². The Morgan fingerprint density at radius 2 is 2.26 bits per heavy atom. The number of halogens is 1. The van der Waals surface area contributed by atoms with Crippen LogP contribution in [-0.2, 0) is 4.79 Å². The number of carbonyl (C=O) groups excluding carboxylic acids is 1. The minimum atomic E-state index is 0.303. The van der Waals surface area contributed by atoms with Crippen LogP contribution in [0.1, 0.15) is 51.9 Å². The lowest BCUT2D eigenvalue weighted by molar-refractivity contribution is -0.109. The molecule has 1 nitrogen and oxygen atoms in total. The molecule has 2 aliphatic carbocycles. The Labute approximate surface area is 130 Å². The van der Waals surface area contributed by atoms with Crippen LogP contribution in [-0.4, -0.2) is 3.79 Å². The van der Waals surface area contributed by atoms with Crippen LogP contribution in [0.3, 0.4) is 0 Å². The van der Waals surface area contributed by atoms with E-state index in [1.807, 2.05) is 22.6 Å². The first kappa shape index (κ1) is 15.0. The highest BCUT2D eigenvalue weighted by atomic mass is 127. The molecule has 2 aliphatic rings. The number of hydrogen-bond donors (Lipinski definition) is 0. The van der Waals surface area contributed by atoms with Gasteiger partial charge in [-0.3, -0.25) is 4.79 Å². The smallest absolute Gasteiger partial charge is 0.192 e. The molecule has 0 fully saturated rings. The summed E-state index contributed by atoms with van der Waals surface area (Å²) in [5, 5.41) is 0.